The van der Waals surface area contributed by atoms with Gasteiger partial charge in [-0.1, -0.05) is 51.5 Å². The summed E-state index contributed by atoms with van der Waals surface area (Å²) < 4.78 is 12.2. The van der Waals surface area contributed by atoms with Crippen molar-refractivity contribution in [1.29, 1.82) is 0 Å². The smallest absolute Gasteiger partial charge is 0.190 e. The zero-order valence-corrected chi connectivity index (χ0v) is 18.7. The molecule has 6 heteroatoms. The van der Waals surface area contributed by atoms with E-state index in [9.17, 15) is 20.4 Å². The molecular weight excluding hydrogens is 396 g/mol. The minimum atomic E-state index is -1.94. The van der Waals surface area contributed by atoms with Gasteiger partial charge in [-0.3, -0.25) is 0 Å². The van der Waals surface area contributed by atoms with Crippen molar-refractivity contribution in [2.45, 2.75) is 82.8 Å². The highest BCUT2D eigenvalue weighted by Crippen LogP contribution is 2.67. The third-order valence-electron chi connectivity index (χ3n) is 9.72. The van der Waals surface area contributed by atoms with Crippen LogP contribution in [0, 0.1) is 28.6 Å². The van der Waals surface area contributed by atoms with Crippen LogP contribution in [-0.2, 0) is 9.47 Å². The Morgan fingerprint density at radius 3 is 2.58 bits per heavy atom. The summed E-state index contributed by atoms with van der Waals surface area (Å²) in [6.07, 6.45) is 5.01. The molecule has 0 aromatic carbocycles. The van der Waals surface area contributed by atoms with Gasteiger partial charge in [0, 0.05) is 16.7 Å². The van der Waals surface area contributed by atoms with E-state index in [0.717, 1.165) is 19.3 Å². The lowest BCUT2D eigenvalue weighted by Crippen LogP contribution is -2.77. The predicted molar refractivity (Wildman–Crippen MR) is 113 cm³/mol. The molecule has 2 aliphatic heterocycles. The van der Waals surface area contributed by atoms with E-state index >= 15 is 0 Å². The minimum absolute atomic E-state index is 0.0124. The Balaban J connectivity index is 1.55. The van der Waals surface area contributed by atoms with E-state index in [2.05, 4.69) is 39.8 Å². The Labute approximate surface area is 183 Å². The van der Waals surface area contributed by atoms with Crippen molar-refractivity contribution in [3.63, 3.8) is 0 Å². The first-order chi connectivity index (χ1) is 14.5. The number of aliphatic hydroxyl groups excluding tert-OH is 2. The van der Waals surface area contributed by atoms with E-state index in [1.165, 1.54) is 11.1 Å². The second-order valence-corrected chi connectivity index (χ2v) is 11.6. The minimum Gasteiger partial charge on any atom is -0.387 e. The zero-order chi connectivity index (χ0) is 22.1. The van der Waals surface area contributed by atoms with Crippen molar-refractivity contribution in [2.75, 3.05) is 6.61 Å². The van der Waals surface area contributed by atoms with Crippen LogP contribution in [0.1, 0.15) is 47.0 Å². The molecule has 170 valence electrons. The number of hydrogen-bond acceptors (Lipinski definition) is 6. The van der Waals surface area contributed by atoms with Gasteiger partial charge in [-0.15, -0.1) is 0 Å². The first-order valence-electron chi connectivity index (χ1n) is 11.7. The van der Waals surface area contributed by atoms with Crippen molar-refractivity contribution in [2.24, 2.45) is 28.6 Å². The molecule has 31 heavy (non-hydrogen) atoms. The zero-order valence-electron chi connectivity index (χ0n) is 18.7. The maximum Gasteiger partial charge on any atom is 0.190 e. The summed E-state index contributed by atoms with van der Waals surface area (Å²) in [5, 5.41) is 45.0. The molecule has 4 fully saturated rings. The molecule has 10 atom stereocenters. The maximum atomic E-state index is 11.7. The highest BCUT2D eigenvalue weighted by Gasteiger charge is 2.77. The molecule has 0 radical (unpaired) electrons. The molecule has 6 rings (SSSR count). The average Bonchev–Trinajstić information content (AvgIpc) is 3.20. The third kappa shape index (κ3) is 2.15. The van der Waals surface area contributed by atoms with Gasteiger partial charge in [-0.2, -0.15) is 0 Å². The average molecular weight is 431 g/mol. The fourth-order valence-corrected chi connectivity index (χ4v) is 7.89. The molecule has 2 bridgehead atoms. The second-order valence-electron chi connectivity index (χ2n) is 11.6. The lowest BCUT2D eigenvalue weighted by Gasteiger charge is -2.56. The predicted octanol–water partition coefficient (Wildman–Crippen LogP) is 1.83. The van der Waals surface area contributed by atoms with Crippen molar-refractivity contribution < 1.29 is 29.9 Å². The fraction of sp³-hybridized carbons (Fsp3) is 0.760. The Morgan fingerprint density at radius 1 is 1.13 bits per heavy atom. The number of aliphatic hydroxyl groups is 4. The summed E-state index contributed by atoms with van der Waals surface area (Å²) in [5.74, 6) is -0.0241. The number of hydrogen-bond donors (Lipinski definition) is 4. The van der Waals surface area contributed by atoms with Gasteiger partial charge in [0.25, 0.3) is 0 Å². The SMILES string of the molecule is CC(C)C1=C2[C@H]3CC=C4[C@@H](O)[C@]5(O)CO[C@H]6O[C@@H]([C@@H]4[C@@]6(O)[C@H]5O)[C@]3(C)CC[C@@]2(C)C=C1. The highest BCUT2D eigenvalue weighted by molar-refractivity contribution is 5.48. The molecule has 6 nitrogen and oxygen atoms in total. The highest BCUT2D eigenvalue weighted by atomic mass is 16.7. The fourth-order valence-electron chi connectivity index (χ4n) is 7.89. The van der Waals surface area contributed by atoms with E-state index in [0.29, 0.717) is 11.5 Å². The van der Waals surface area contributed by atoms with Gasteiger partial charge in [0.05, 0.1) is 12.7 Å². The summed E-state index contributed by atoms with van der Waals surface area (Å²) >= 11 is 0. The van der Waals surface area contributed by atoms with Crippen molar-refractivity contribution in [1.82, 2.24) is 0 Å². The van der Waals surface area contributed by atoms with Crippen LogP contribution in [0.4, 0.5) is 0 Å². The van der Waals surface area contributed by atoms with Gasteiger partial charge >= 0.3 is 0 Å². The lowest BCUT2D eigenvalue weighted by atomic mass is 9.51. The van der Waals surface area contributed by atoms with Gasteiger partial charge in [-0.25, -0.2) is 0 Å². The molecule has 2 saturated heterocycles. The van der Waals surface area contributed by atoms with Crippen molar-refractivity contribution >= 4 is 0 Å². The first-order valence-corrected chi connectivity index (χ1v) is 11.7. The Morgan fingerprint density at radius 2 is 1.87 bits per heavy atom. The Kier molecular flexibility index (Phi) is 3.92. The molecular formula is C25H34O6. The molecule has 2 heterocycles. The molecule has 4 aliphatic carbocycles. The van der Waals surface area contributed by atoms with Gasteiger partial charge < -0.3 is 29.9 Å². The quantitative estimate of drug-likeness (QED) is 0.474. The second kappa shape index (κ2) is 5.91. The Hall–Kier alpha value is -1.02. The van der Waals surface area contributed by atoms with Crippen LogP contribution in [0.3, 0.4) is 0 Å². The van der Waals surface area contributed by atoms with Crippen LogP contribution in [0.2, 0.25) is 0 Å². The van der Waals surface area contributed by atoms with Crippen molar-refractivity contribution in [3.05, 3.63) is 34.9 Å². The van der Waals surface area contributed by atoms with Gasteiger partial charge in [-0.05, 0) is 42.2 Å². The molecule has 0 aromatic heterocycles. The number of ether oxygens (including phenoxy) is 2. The van der Waals surface area contributed by atoms with Crippen LogP contribution < -0.4 is 0 Å². The van der Waals surface area contributed by atoms with Gasteiger partial charge in [0.2, 0.25) is 0 Å². The maximum absolute atomic E-state index is 11.7. The van der Waals surface area contributed by atoms with Crippen molar-refractivity contribution in [3.8, 4) is 0 Å². The molecule has 0 spiro atoms. The standard InChI is InChI=1S/C25H34O6/c1-12(2)13-7-8-22(3)9-10-23(4)15(16(13)22)6-5-14-17-19(23)31-21-25(17,29)20(27)24(28,11-30-21)18(14)26/h5,7-8,12,15,17-21,26-29H,6,9-11H2,1-4H3/t15-,17-,18-,19+,20+,21+,22-,23-,24-,25-/m1/s1. The molecule has 0 amide bonds. The monoisotopic (exact) mass is 430 g/mol. The van der Waals surface area contributed by atoms with E-state index < -0.39 is 41.7 Å². The topological polar surface area (TPSA) is 99.4 Å². The van der Waals surface area contributed by atoms with Crippen LogP contribution in [0.5, 0.6) is 0 Å². The largest absolute Gasteiger partial charge is 0.387 e. The van der Waals surface area contributed by atoms with E-state index in [-0.39, 0.29) is 23.4 Å². The number of fused-ring (bicyclic) bond motifs is 5. The van der Waals surface area contributed by atoms with Crippen LogP contribution in [0.25, 0.3) is 0 Å². The Bertz CT molecular complexity index is 936. The van der Waals surface area contributed by atoms with Gasteiger partial charge in [0.15, 0.2) is 11.9 Å². The van der Waals surface area contributed by atoms with E-state index in [4.69, 9.17) is 9.47 Å². The normalized spacial score (nSPS) is 57.0. The first kappa shape index (κ1) is 20.6. The third-order valence-corrected chi connectivity index (χ3v) is 9.72. The summed E-state index contributed by atoms with van der Waals surface area (Å²) in [5.41, 5.74) is -0.564. The molecule has 2 saturated carbocycles. The number of rotatable bonds is 1. The summed E-state index contributed by atoms with van der Waals surface area (Å²) in [6.45, 7) is 8.74. The van der Waals surface area contributed by atoms with Crippen LogP contribution >= 0.6 is 0 Å². The molecule has 6 aliphatic rings. The van der Waals surface area contributed by atoms with E-state index in [1.807, 2.05) is 6.08 Å². The van der Waals surface area contributed by atoms with Crippen LogP contribution in [-0.4, -0.2) is 62.8 Å². The van der Waals surface area contributed by atoms with E-state index in [1.54, 1.807) is 0 Å². The summed E-state index contributed by atoms with van der Waals surface area (Å²) in [4.78, 5) is 0. The van der Waals surface area contributed by atoms with Crippen LogP contribution in [0.15, 0.2) is 34.9 Å². The van der Waals surface area contributed by atoms with Gasteiger partial charge in [0.1, 0.15) is 17.8 Å². The molecule has 4 N–H and O–H groups in total. The molecule has 0 unspecified atom stereocenters. The number of allylic oxidation sites excluding steroid dienone is 5. The molecule has 0 aromatic rings. The summed E-state index contributed by atoms with van der Waals surface area (Å²) in [6, 6.07) is 0. The lowest BCUT2D eigenvalue weighted by molar-refractivity contribution is -0.341. The summed E-state index contributed by atoms with van der Waals surface area (Å²) in [7, 11) is 0.